The summed E-state index contributed by atoms with van der Waals surface area (Å²) in [6, 6.07) is 6.63. The van der Waals surface area contributed by atoms with Crippen LogP contribution >= 0.6 is 0 Å². The van der Waals surface area contributed by atoms with Gasteiger partial charge in [-0.15, -0.1) is 0 Å². The molecule has 3 nitrogen and oxygen atoms in total. The average molecular weight is 259 g/mol. The maximum Gasteiger partial charge on any atom is 0.156 e. The molecule has 3 heteroatoms. The van der Waals surface area contributed by atoms with Gasteiger partial charge in [0.25, 0.3) is 0 Å². The summed E-state index contributed by atoms with van der Waals surface area (Å²) in [6.07, 6.45) is 0. The predicted molar refractivity (Wildman–Crippen MR) is 82.8 cm³/mol. The third-order valence-corrected chi connectivity index (χ3v) is 3.21. The molecule has 2 aromatic rings. The van der Waals surface area contributed by atoms with Gasteiger partial charge in [0.05, 0.1) is 5.52 Å². The lowest BCUT2D eigenvalue weighted by Gasteiger charge is -2.21. The van der Waals surface area contributed by atoms with Crippen LogP contribution in [0, 0.1) is 0 Å². The van der Waals surface area contributed by atoms with Crippen molar-refractivity contribution in [1.82, 2.24) is 9.78 Å². The van der Waals surface area contributed by atoms with E-state index in [4.69, 9.17) is 0 Å². The molecular weight excluding hydrogens is 234 g/mol. The fraction of sp³-hybridized carbons (Fsp3) is 0.562. The molecular formula is C16H25N3. The lowest BCUT2D eigenvalue weighted by molar-refractivity contribution is 0.590. The fourth-order valence-electron chi connectivity index (χ4n) is 2.17. The minimum atomic E-state index is 0.0178. The Balaban J connectivity index is 2.55. The molecule has 1 aromatic carbocycles. The normalized spacial score (nSPS) is 13.0. The molecule has 0 saturated heterocycles. The topological polar surface area (TPSA) is 29.9 Å². The van der Waals surface area contributed by atoms with E-state index in [1.165, 1.54) is 16.5 Å². The van der Waals surface area contributed by atoms with Gasteiger partial charge in [-0.25, -0.2) is 0 Å². The molecule has 0 amide bonds. The molecule has 104 valence electrons. The number of nitrogens with zero attached hydrogens (tertiary/aromatic N) is 2. The summed E-state index contributed by atoms with van der Waals surface area (Å²) in [5.74, 6) is 0.963. The quantitative estimate of drug-likeness (QED) is 0.836. The Morgan fingerprint density at radius 3 is 2.21 bits per heavy atom. The third-order valence-electron chi connectivity index (χ3n) is 3.21. The van der Waals surface area contributed by atoms with Crippen LogP contribution < -0.4 is 5.32 Å². The van der Waals surface area contributed by atoms with Crippen molar-refractivity contribution in [2.75, 3.05) is 5.32 Å². The van der Waals surface area contributed by atoms with E-state index < -0.39 is 0 Å². The van der Waals surface area contributed by atoms with E-state index in [-0.39, 0.29) is 11.0 Å². The van der Waals surface area contributed by atoms with Gasteiger partial charge in [-0.2, -0.15) is 5.10 Å². The standard InChI is InChI=1S/C16H25N3/c1-15(2,3)11-8-9-12-13(10-11)19(7)18-14(12)17-16(4,5)6/h8-10H,1-7H3,(H,17,18). The van der Waals surface area contributed by atoms with E-state index in [0.29, 0.717) is 0 Å². The average Bonchev–Trinajstić information content (AvgIpc) is 2.52. The van der Waals surface area contributed by atoms with Crippen molar-refractivity contribution in [3.8, 4) is 0 Å². The molecule has 1 heterocycles. The highest BCUT2D eigenvalue weighted by molar-refractivity contribution is 5.91. The lowest BCUT2D eigenvalue weighted by atomic mass is 9.86. The molecule has 0 aliphatic carbocycles. The number of aromatic nitrogens is 2. The van der Waals surface area contributed by atoms with E-state index in [1.807, 2.05) is 11.7 Å². The molecule has 1 N–H and O–H groups in total. The Morgan fingerprint density at radius 2 is 1.68 bits per heavy atom. The molecule has 0 fully saturated rings. The van der Waals surface area contributed by atoms with E-state index >= 15 is 0 Å². The molecule has 0 aliphatic rings. The van der Waals surface area contributed by atoms with Crippen molar-refractivity contribution in [2.24, 2.45) is 7.05 Å². The largest absolute Gasteiger partial charge is 0.363 e. The van der Waals surface area contributed by atoms with Crippen LogP contribution in [0.15, 0.2) is 18.2 Å². The summed E-state index contributed by atoms with van der Waals surface area (Å²) >= 11 is 0. The van der Waals surface area contributed by atoms with Gasteiger partial charge in [-0.3, -0.25) is 4.68 Å². The summed E-state index contributed by atoms with van der Waals surface area (Å²) in [5, 5.41) is 9.26. The van der Waals surface area contributed by atoms with E-state index in [2.05, 4.69) is 70.2 Å². The molecule has 0 atom stereocenters. The number of rotatable bonds is 1. The SMILES string of the molecule is Cn1nc(NC(C)(C)C)c2ccc(C(C)(C)C)cc21. The van der Waals surface area contributed by atoms with Crippen LogP contribution in [0.5, 0.6) is 0 Å². The first-order valence-corrected chi connectivity index (χ1v) is 6.83. The van der Waals surface area contributed by atoms with Gasteiger partial charge in [-0.05, 0) is 43.9 Å². The van der Waals surface area contributed by atoms with Crippen molar-refractivity contribution in [1.29, 1.82) is 0 Å². The minimum absolute atomic E-state index is 0.0178. The summed E-state index contributed by atoms with van der Waals surface area (Å²) < 4.78 is 1.96. The van der Waals surface area contributed by atoms with E-state index in [0.717, 1.165) is 5.82 Å². The number of hydrogen-bond donors (Lipinski definition) is 1. The Hall–Kier alpha value is -1.51. The first kappa shape index (κ1) is 13.9. The number of anilines is 1. The number of hydrogen-bond acceptors (Lipinski definition) is 2. The number of aryl methyl sites for hydroxylation is 1. The van der Waals surface area contributed by atoms with Crippen LogP contribution in [-0.4, -0.2) is 15.3 Å². The number of benzene rings is 1. The van der Waals surface area contributed by atoms with Gasteiger partial charge in [0.2, 0.25) is 0 Å². The highest BCUT2D eigenvalue weighted by Crippen LogP contribution is 2.30. The van der Waals surface area contributed by atoms with Crippen LogP contribution in [0.4, 0.5) is 5.82 Å². The van der Waals surface area contributed by atoms with Gasteiger partial charge < -0.3 is 5.32 Å². The van der Waals surface area contributed by atoms with Gasteiger partial charge in [0.1, 0.15) is 0 Å². The van der Waals surface area contributed by atoms with Crippen LogP contribution in [0.25, 0.3) is 10.9 Å². The summed E-state index contributed by atoms with van der Waals surface area (Å²) in [7, 11) is 2.00. The highest BCUT2D eigenvalue weighted by Gasteiger charge is 2.18. The van der Waals surface area contributed by atoms with E-state index in [1.54, 1.807) is 0 Å². The smallest absolute Gasteiger partial charge is 0.156 e. The Morgan fingerprint density at radius 1 is 1.05 bits per heavy atom. The van der Waals surface area contributed by atoms with Crippen LogP contribution in [0.3, 0.4) is 0 Å². The second-order valence-corrected chi connectivity index (χ2v) is 7.33. The number of fused-ring (bicyclic) bond motifs is 1. The third kappa shape index (κ3) is 2.91. The zero-order chi connectivity index (χ0) is 14.4. The van der Waals surface area contributed by atoms with Crippen LogP contribution in [0.2, 0.25) is 0 Å². The van der Waals surface area contributed by atoms with Crippen LogP contribution in [-0.2, 0) is 12.5 Å². The molecule has 1 aromatic heterocycles. The van der Waals surface area contributed by atoms with Crippen molar-refractivity contribution < 1.29 is 0 Å². The molecule has 0 bridgehead atoms. The lowest BCUT2D eigenvalue weighted by Crippen LogP contribution is -2.26. The Bertz CT molecular complexity index is 595. The first-order chi connectivity index (χ1) is 8.58. The Kier molecular flexibility index (Phi) is 3.12. The number of nitrogens with one attached hydrogen (secondary N) is 1. The second kappa shape index (κ2) is 4.26. The van der Waals surface area contributed by atoms with Gasteiger partial charge in [-0.1, -0.05) is 26.8 Å². The van der Waals surface area contributed by atoms with Gasteiger partial charge in [0.15, 0.2) is 5.82 Å². The molecule has 0 radical (unpaired) electrons. The van der Waals surface area contributed by atoms with Gasteiger partial charge >= 0.3 is 0 Å². The Labute approximate surface area is 116 Å². The molecule has 0 aliphatic heterocycles. The molecule has 0 unspecified atom stereocenters. The molecule has 2 rings (SSSR count). The van der Waals surface area contributed by atoms with E-state index in [9.17, 15) is 0 Å². The molecule has 19 heavy (non-hydrogen) atoms. The molecule has 0 saturated carbocycles. The second-order valence-electron chi connectivity index (χ2n) is 7.33. The zero-order valence-corrected chi connectivity index (χ0v) is 13.1. The van der Waals surface area contributed by atoms with Gasteiger partial charge in [0, 0.05) is 18.0 Å². The highest BCUT2D eigenvalue weighted by atomic mass is 15.3. The summed E-state index contributed by atoms with van der Waals surface area (Å²) in [5.41, 5.74) is 2.70. The first-order valence-electron chi connectivity index (χ1n) is 6.83. The maximum absolute atomic E-state index is 4.60. The van der Waals surface area contributed by atoms with Crippen molar-refractivity contribution in [2.45, 2.75) is 52.5 Å². The van der Waals surface area contributed by atoms with Crippen molar-refractivity contribution >= 4 is 16.7 Å². The predicted octanol–water partition coefficient (Wildman–Crippen LogP) is 4.08. The minimum Gasteiger partial charge on any atom is -0.363 e. The monoisotopic (exact) mass is 259 g/mol. The van der Waals surface area contributed by atoms with Crippen LogP contribution in [0.1, 0.15) is 47.1 Å². The summed E-state index contributed by atoms with van der Waals surface area (Å²) in [6.45, 7) is 13.2. The zero-order valence-electron chi connectivity index (χ0n) is 13.1. The summed E-state index contributed by atoms with van der Waals surface area (Å²) in [4.78, 5) is 0. The molecule has 0 spiro atoms. The fourth-order valence-corrected chi connectivity index (χ4v) is 2.17. The maximum atomic E-state index is 4.60. The van der Waals surface area contributed by atoms with Crippen molar-refractivity contribution in [3.05, 3.63) is 23.8 Å². The van der Waals surface area contributed by atoms with Crippen molar-refractivity contribution in [3.63, 3.8) is 0 Å².